The van der Waals surface area contributed by atoms with Crippen LogP contribution in [0.4, 0.5) is 0 Å². The second-order valence-corrected chi connectivity index (χ2v) is 7.44. The lowest BCUT2D eigenvalue weighted by molar-refractivity contribution is -0.127. The molecule has 26 heavy (non-hydrogen) atoms. The van der Waals surface area contributed by atoms with Crippen molar-refractivity contribution in [2.24, 2.45) is 5.92 Å². The molecule has 0 spiro atoms. The van der Waals surface area contributed by atoms with Crippen LogP contribution in [0.25, 0.3) is 0 Å². The van der Waals surface area contributed by atoms with Gasteiger partial charge in [0, 0.05) is 13.1 Å². The first-order valence-corrected chi connectivity index (χ1v) is 9.71. The van der Waals surface area contributed by atoms with Crippen LogP contribution in [0.5, 0.6) is 5.88 Å². The Bertz CT molecular complexity index is 677. The van der Waals surface area contributed by atoms with E-state index in [4.69, 9.17) is 4.74 Å². The quantitative estimate of drug-likeness (QED) is 0.710. The zero-order valence-electron chi connectivity index (χ0n) is 15.9. The number of amides is 2. The summed E-state index contributed by atoms with van der Waals surface area (Å²) in [6, 6.07) is 3.82. The van der Waals surface area contributed by atoms with Gasteiger partial charge in [0.15, 0.2) is 0 Å². The Morgan fingerprint density at radius 2 is 1.88 bits per heavy atom. The van der Waals surface area contributed by atoms with Crippen LogP contribution >= 0.6 is 0 Å². The number of hydrogen-bond donors (Lipinski definition) is 2. The maximum atomic E-state index is 13.0. The largest absolute Gasteiger partial charge is 0.477 e. The van der Waals surface area contributed by atoms with Gasteiger partial charge in [-0.1, -0.05) is 19.9 Å². The van der Waals surface area contributed by atoms with Crippen molar-refractivity contribution in [3.63, 3.8) is 0 Å². The molecule has 2 amide bonds. The minimum absolute atomic E-state index is 0.176. The van der Waals surface area contributed by atoms with Crippen molar-refractivity contribution in [3.05, 3.63) is 23.4 Å². The fourth-order valence-corrected chi connectivity index (χ4v) is 3.25. The molecule has 0 aliphatic heterocycles. The van der Waals surface area contributed by atoms with Crippen LogP contribution in [0.15, 0.2) is 12.1 Å². The summed E-state index contributed by atoms with van der Waals surface area (Å²) in [4.78, 5) is 29.9. The Labute approximate surface area is 155 Å². The zero-order chi connectivity index (χ0) is 18.7. The van der Waals surface area contributed by atoms with Gasteiger partial charge in [0.1, 0.15) is 11.2 Å². The molecule has 0 atom stereocenters. The number of hydrogen-bond acceptors (Lipinski definition) is 4. The summed E-state index contributed by atoms with van der Waals surface area (Å²) >= 11 is 0. The third-order valence-corrected chi connectivity index (χ3v) is 5.52. The molecule has 2 aliphatic rings. The Morgan fingerprint density at radius 1 is 1.19 bits per heavy atom. The summed E-state index contributed by atoms with van der Waals surface area (Å²) in [5, 5.41) is 5.62. The smallest absolute Gasteiger partial charge is 0.271 e. The van der Waals surface area contributed by atoms with E-state index in [-0.39, 0.29) is 11.8 Å². The molecule has 6 heteroatoms. The summed E-state index contributed by atoms with van der Waals surface area (Å²) in [5.74, 6) is 1.03. The first-order valence-electron chi connectivity index (χ1n) is 9.71. The van der Waals surface area contributed by atoms with Gasteiger partial charge < -0.3 is 15.4 Å². The molecule has 2 saturated carbocycles. The van der Waals surface area contributed by atoms with Gasteiger partial charge in [-0.3, -0.25) is 9.59 Å². The highest BCUT2D eigenvalue weighted by Gasteiger charge is 2.38. The monoisotopic (exact) mass is 359 g/mol. The molecule has 1 aromatic rings. The molecule has 0 saturated heterocycles. The van der Waals surface area contributed by atoms with Gasteiger partial charge in [-0.05, 0) is 55.9 Å². The molecule has 2 N–H and O–H groups in total. The van der Waals surface area contributed by atoms with E-state index in [0.717, 1.165) is 18.4 Å². The van der Waals surface area contributed by atoms with Crippen LogP contribution in [-0.4, -0.2) is 36.0 Å². The number of pyridine rings is 1. The molecular formula is C20H29N3O3. The van der Waals surface area contributed by atoms with E-state index < -0.39 is 5.54 Å². The first-order chi connectivity index (χ1) is 12.5. The lowest BCUT2D eigenvalue weighted by Gasteiger charge is -2.31. The van der Waals surface area contributed by atoms with E-state index in [1.165, 1.54) is 12.8 Å². The van der Waals surface area contributed by atoms with Crippen LogP contribution < -0.4 is 15.4 Å². The van der Waals surface area contributed by atoms with Crippen molar-refractivity contribution >= 4 is 11.8 Å². The summed E-state index contributed by atoms with van der Waals surface area (Å²) in [5.41, 5.74) is 0.439. The standard InChI is InChI=1S/C20H29N3O3/c1-4-20(5-2,19(25)21-3)23-18(24)17-15(14-8-9-14)10-11-16(22-17)26-12-13-6-7-13/h10-11,13-14H,4-9,12H2,1-3H3,(H,21,25)(H,23,24). The number of aromatic nitrogens is 1. The van der Waals surface area contributed by atoms with Crippen molar-refractivity contribution in [3.8, 4) is 5.88 Å². The van der Waals surface area contributed by atoms with Crippen LogP contribution in [0.1, 0.15) is 74.3 Å². The maximum absolute atomic E-state index is 13.0. The summed E-state index contributed by atoms with van der Waals surface area (Å²) in [6.45, 7) is 4.47. The van der Waals surface area contributed by atoms with Crippen LogP contribution in [0.2, 0.25) is 0 Å². The van der Waals surface area contributed by atoms with E-state index >= 15 is 0 Å². The predicted molar refractivity (Wildman–Crippen MR) is 99.3 cm³/mol. The lowest BCUT2D eigenvalue weighted by atomic mass is 9.91. The molecule has 1 heterocycles. The predicted octanol–water partition coefficient (Wildman–Crippen LogP) is 2.78. The fraction of sp³-hybridized carbons (Fsp3) is 0.650. The van der Waals surface area contributed by atoms with E-state index in [9.17, 15) is 9.59 Å². The SMILES string of the molecule is CCC(CC)(NC(=O)c1nc(OCC2CC2)ccc1C1CC1)C(=O)NC. The van der Waals surface area contributed by atoms with Crippen LogP contribution in [0, 0.1) is 5.92 Å². The average molecular weight is 359 g/mol. The van der Waals surface area contributed by atoms with Gasteiger partial charge in [0.2, 0.25) is 11.8 Å². The summed E-state index contributed by atoms with van der Waals surface area (Å²) < 4.78 is 5.76. The summed E-state index contributed by atoms with van der Waals surface area (Å²) in [6.07, 6.45) is 5.60. The molecule has 142 valence electrons. The molecule has 0 bridgehead atoms. The number of ether oxygens (including phenoxy) is 1. The van der Waals surface area contributed by atoms with Crippen molar-refractivity contribution in [1.82, 2.24) is 15.6 Å². The normalized spacial score (nSPS) is 16.9. The van der Waals surface area contributed by atoms with Crippen LogP contribution in [-0.2, 0) is 4.79 Å². The third-order valence-electron chi connectivity index (χ3n) is 5.52. The molecule has 1 aromatic heterocycles. The van der Waals surface area contributed by atoms with E-state index in [0.29, 0.717) is 42.9 Å². The number of carbonyl (C=O) groups is 2. The average Bonchev–Trinajstić information content (AvgIpc) is 3.57. The molecule has 0 aromatic carbocycles. The Morgan fingerprint density at radius 3 is 2.42 bits per heavy atom. The second kappa shape index (κ2) is 7.64. The first kappa shape index (κ1) is 18.7. The van der Waals surface area contributed by atoms with Crippen LogP contribution in [0.3, 0.4) is 0 Å². The number of carbonyl (C=O) groups excluding carboxylic acids is 2. The molecule has 6 nitrogen and oxygen atoms in total. The number of nitrogens with one attached hydrogen (secondary N) is 2. The molecule has 3 rings (SSSR count). The molecule has 0 radical (unpaired) electrons. The van der Waals surface area contributed by atoms with Gasteiger partial charge in [0.05, 0.1) is 6.61 Å². The number of likely N-dealkylation sites (N-methyl/N-ethyl adjacent to an activating group) is 1. The van der Waals surface area contributed by atoms with E-state index in [2.05, 4.69) is 15.6 Å². The van der Waals surface area contributed by atoms with Crippen molar-refractivity contribution in [2.75, 3.05) is 13.7 Å². The van der Waals surface area contributed by atoms with E-state index in [1.807, 2.05) is 26.0 Å². The minimum Gasteiger partial charge on any atom is -0.477 e. The van der Waals surface area contributed by atoms with Gasteiger partial charge in [-0.2, -0.15) is 0 Å². The van der Waals surface area contributed by atoms with Crippen molar-refractivity contribution in [2.45, 2.75) is 63.8 Å². The minimum atomic E-state index is -0.917. The van der Waals surface area contributed by atoms with Crippen molar-refractivity contribution in [1.29, 1.82) is 0 Å². The highest BCUT2D eigenvalue weighted by Crippen LogP contribution is 2.42. The number of nitrogens with zero attached hydrogens (tertiary/aromatic N) is 1. The number of rotatable bonds is 9. The molecule has 2 fully saturated rings. The Kier molecular flexibility index (Phi) is 5.49. The van der Waals surface area contributed by atoms with Crippen molar-refractivity contribution < 1.29 is 14.3 Å². The van der Waals surface area contributed by atoms with E-state index in [1.54, 1.807) is 7.05 Å². The third kappa shape index (κ3) is 4.00. The topological polar surface area (TPSA) is 80.3 Å². The maximum Gasteiger partial charge on any atom is 0.271 e. The lowest BCUT2D eigenvalue weighted by Crippen LogP contribution is -2.57. The highest BCUT2D eigenvalue weighted by atomic mass is 16.5. The zero-order valence-corrected chi connectivity index (χ0v) is 15.9. The van der Waals surface area contributed by atoms with Gasteiger partial charge in [-0.25, -0.2) is 4.98 Å². The fourth-order valence-electron chi connectivity index (χ4n) is 3.25. The Balaban J connectivity index is 1.83. The van der Waals surface area contributed by atoms with Gasteiger partial charge in [0.25, 0.3) is 5.91 Å². The highest BCUT2D eigenvalue weighted by molar-refractivity contribution is 5.99. The summed E-state index contributed by atoms with van der Waals surface area (Å²) in [7, 11) is 1.59. The molecular weight excluding hydrogens is 330 g/mol. The molecule has 0 unspecified atom stereocenters. The second-order valence-electron chi connectivity index (χ2n) is 7.44. The Hall–Kier alpha value is -2.11. The van der Waals surface area contributed by atoms with Gasteiger partial charge >= 0.3 is 0 Å². The molecule has 2 aliphatic carbocycles. The van der Waals surface area contributed by atoms with Gasteiger partial charge in [-0.15, -0.1) is 0 Å².